The number of nitrogens with zero attached hydrogens (tertiary/aromatic N) is 2. The summed E-state index contributed by atoms with van der Waals surface area (Å²) >= 11 is 5.95. The van der Waals surface area contributed by atoms with Crippen LogP contribution in [0.2, 0.25) is 5.02 Å². The fourth-order valence-electron chi connectivity index (χ4n) is 2.12. The van der Waals surface area contributed by atoms with Crippen LogP contribution in [0.15, 0.2) is 29.3 Å². The van der Waals surface area contributed by atoms with E-state index in [2.05, 4.69) is 20.9 Å². The summed E-state index contributed by atoms with van der Waals surface area (Å²) in [5.74, 6) is 0.414. The van der Waals surface area contributed by atoms with Crippen molar-refractivity contribution in [1.29, 1.82) is 0 Å². The van der Waals surface area contributed by atoms with E-state index in [4.69, 9.17) is 11.6 Å². The first-order chi connectivity index (χ1) is 11.1. The van der Waals surface area contributed by atoms with Crippen molar-refractivity contribution >= 4 is 29.5 Å². The molecule has 7 nitrogen and oxygen atoms in total. The number of guanidine groups is 1. The number of amides is 3. The number of rotatable bonds is 6. The predicted molar refractivity (Wildman–Crippen MR) is 89.4 cm³/mol. The maximum absolute atomic E-state index is 11.5. The average Bonchev–Trinajstić information content (AvgIpc) is 2.84. The second kappa shape index (κ2) is 8.38. The Morgan fingerprint density at radius 2 is 2.22 bits per heavy atom. The van der Waals surface area contributed by atoms with Crippen LogP contribution in [0, 0.1) is 0 Å². The third-order valence-electron chi connectivity index (χ3n) is 3.22. The molecular formula is C15H20ClN5O2. The van der Waals surface area contributed by atoms with Crippen molar-refractivity contribution < 1.29 is 9.59 Å². The lowest BCUT2D eigenvalue weighted by atomic mass is 10.2. The highest BCUT2D eigenvalue weighted by Gasteiger charge is 2.27. The van der Waals surface area contributed by atoms with E-state index in [0.29, 0.717) is 37.2 Å². The SMILES string of the molecule is CCNC(=NCc1cccc(Cl)c1)NCCN1C(=O)CNC1=O. The molecule has 0 atom stereocenters. The highest BCUT2D eigenvalue weighted by atomic mass is 35.5. The third-order valence-corrected chi connectivity index (χ3v) is 3.45. The lowest BCUT2D eigenvalue weighted by molar-refractivity contribution is -0.124. The van der Waals surface area contributed by atoms with Gasteiger partial charge in [0, 0.05) is 24.7 Å². The minimum absolute atomic E-state index is 0.0712. The summed E-state index contributed by atoms with van der Waals surface area (Å²) in [5.41, 5.74) is 1.00. The van der Waals surface area contributed by atoms with Gasteiger partial charge in [-0.3, -0.25) is 9.69 Å². The second-order valence-electron chi connectivity index (χ2n) is 4.96. The molecule has 3 N–H and O–H groups in total. The summed E-state index contributed by atoms with van der Waals surface area (Å²) in [5, 5.41) is 9.38. The first-order valence-corrected chi connectivity index (χ1v) is 7.82. The van der Waals surface area contributed by atoms with Gasteiger partial charge < -0.3 is 16.0 Å². The number of urea groups is 1. The lowest BCUT2D eigenvalue weighted by Gasteiger charge is -2.15. The van der Waals surface area contributed by atoms with Crippen LogP contribution < -0.4 is 16.0 Å². The highest BCUT2D eigenvalue weighted by Crippen LogP contribution is 2.11. The van der Waals surface area contributed by atoms with E-state index < -0.39 is 0 Å². The number of carbonyl (C=O) groups excluding carboxylic acids is 2. The molecule has 3 amide bonds. The first kappa shape index (κ1) is 17.1. The molecule has 1 aromatic carbocycles. The van der Waals surface area contributed by atoms with Gasteiger partial charge in [0.1, 0.15) is 0 Å². The van der Waals surface area contributed by atoms with E-state index >= 15 is 0 Å². The van der Waals surface area contributed by atoms with E-state index in [1.807, 2.05) is 31.2 Å². The van der Waals surface area contributed by atoms with Crippen LogP contribution in [-0.4, -0.2) is 49.0 Å². The van der Waals surface area contributed by atoms with Crippen molar-refractivity contribution in [2.24, 2.45) is 4.99 Å². The normalized spacial score (nSPS) is 14.9. The van der Waals surface area contributed by atoms with E-state index in [1.165, 1.54) is 4.90 Å². The van der Waals surface area contributed by atoms with Crippen LogP contribution in [0.25, 0.3) is 0 Å². The molecule has 1 aromatic rings. The fraction of sp³-hybridized carbons (Fsp3) is 0.400. The zero-order valence-corrected chi connectivity index (χ0v) is 13.7. The number of hydrogen-bond acceptors (Lipinski definition) is 3. The summed E-state index contributed by atoms with van der Waals surface area (Å²) in [7, 11) is 0. The van der Waals surface area contributed by atoms with Gasteiger partial charge in [-0.25, -0.2) is 9.79 Å². The van der Waals surface area contributed by atoms with E-state index in [0.717, 1.165) is 5.56 Å². The van der Waals surface area contributed by atoms with Crippen molar-refractivity contribution in [3.8, 4) is 0 Å². The average molecular weight is 338 g/mol. The molecule has 124 valence electrons. The van der Waals surface area contributed by atoms with Gasteiger partial charge in [0.15, 0.2) is 5.96 Å². The summed E-state index contributed by atoms with van der Waals surface area (Å²) in [6.45, 7) is 3.96. The molecule has 0 aliphatic carbocycles. The van der Waals surface area contributed by atoms with E-state index in [-0.39, 0.29) is 18.5 Å². The van der Waals surface area contributed by atoms with Crippen molar-refractivity contribution in [1.82, 2.24) is 20.9 Å². The summed E-state index contributed by atoms with van der Waals surface area (Å²) in [6.07, 6.45) is 0. The molecule has 1 heterocycles. The zero-order valence-electron chi connectivity index (χ0n) is 12.9. The van der Waals surface area contributed by atoms with Gasteiger partial charge in [-0.05, 0) is 24.6 Å². The van der Waals surface area contributed by atoms with Gasteiger partial charge in [-0.15, -0.1) is 0 Å². The second-order valence-corrected chi connectivity index (χ2v) is 5.39. The van der Waals surface area contributed by atoms with E-state index in [9.17, 15) is 9.59 Å². The summed E-state index contributed by atoms with van der Waals surface area (Å²) < 4.78 is 0. The highest BCUT2D eigenvalue weighted by molar-refractivity contribution is 6.30. The van der Waals surface area contributed by atoms with Crippen molar-refractivity contribution in [3.05, 3.63) is 34.9 Å². The molecule has 0 aromatic heterocycles. The Morgan fingerprint density at radius 3 is 2.87 bits per heavy atom. The molecule has 1 saturated heterocycles. The number of imide groups is 1. The lowest BCUT2D eigenvalue weighted by Crippen LogP contribution is -2.43. The van der Waals surface area contributed by atoms with Crippen LogP contribution in [0.3, 0.4) is 0 Å². The molecule has 0 saturated carbocycles. The standard InChI is InChI=1S/C15H20ClN5O2/c1-2-17-14(19-9-11-4-3-5-12(16)8-11)18-6-7-21-13(22)10-20-15(21)23/h3-5,8H,2,6-7,9-10H2,1H3,(H,20,23)(H2,17,18,19). The Balaban J connectivity index is 1.86. The van der Waals surface area contributed by atoms with Crippen LogP contribution in [-0.2, 0) is 11.3 Å². The Hall–Kier alpha value is -2.28. The number of nitrogens with one attached hydrogen (secondary N) is 3. The molecule has 8 heteroatoms. The smallest absolute Gasteiger partial charge is 0.324 e. The number of halogens is 1. The first-order valence-electron chi connectivity index (χ1n) is 7.45. The van der Waals surface area contributed by atoms with Gasteiger partial charge in [0.05, 0.1) is 13.1 Å². The molecule has 1 aliphatic rings. The van der Waals surface area contributed by atoms with Crippen LogP contribution in [0.1, 0.15) is 12.5 Å². The molecule has 0 radical (unpaired) electrons. The topological polar surface area (TPSA) is 85.8 Å². The minimum Gasteiger partial charge on any atom is -0.357 e. The van der Waals surface area contributed by atoms with Crippen LogP contribution in [0.4, 0.5) is 4.79 Å². The molecule has 0 bridgehead atoms. The van der Waals surface area contributed by atoms with E-state index in [1.54, 1.807) is 0 Å². The fourth-order valence-corrected chi connectivity index (χ4v) is 2.33. The van der Waals surface area contributed by atoms with Crippen molar-refractivity contribution in [3.63, 3.8) is 0 Å². The van der Waals surface area contributed by atoms with Gasteiger partial charge >= 0.3 is 6.03 Å². The van der Waals surface area contributed by atoms with Crippen LogP contribution in [0.5, 0.6) is 0 Å². The molecule has 1 fully saturated rings. The maximum atomic E-state index is 11.5. The monoisotopic (exact) mass is 337 g/mol. The Bertz CT molecular complexity index is 589. The van der Waals surface area contributed by atoms with Crippen molar-refractivity contribution in [2.45, 2.75) is 13.5 Å². The van der Waals surface area contributed by atoms with Gasteiger partial charge in [0.2, 0.25) is 5.91 Å². The largest absolute Gasteiger partial charge is 0.357 e. The van der Waals surface area contributed by atoms with Crippen LogP contribution >= 0.6 is 11.6 Å². The maximum Gasteiger partial charge on any atom is 0.324 e. The molecule has 2 rings (SSSR count). The van der Waals surface area contributed by atoms with Gasteiger partial charge in [0.25, 0.3) is 0 Å². The number of hydrogen-bond donors (Lipinski definition) is 3. The third kappa shape index (κ3) is 5.14. The zero-order chi connectivity index (χ0) is 16.7. The number of carbonyl (C=O) groups is 2. The molecule has 0 unspecified atom stereocenters. The minimum atomic E-state index is -0.349. The molecule has 1 aliphatic heterocycles. The number of aliphatic imine (C=N–C) groups is 1. The summed E-state index contributed by atoms with van der Waals surface area (Å²) in [6, 6.07) is 7.16. The Kier molecular flexibility index (Phi) is 6.22. The molecule has 0 spiro atoms. The molecule has 23 heavy (non-hydrogen) atoms. The summed E-state index contributed by atoms with van der Waals surface area (Å²) in [4.78, 5) is 28.6. The van der Waals surface area contributed by atoms with Gasteiger partial charge in [-0.1, -0.05) is 23.7 Å². The molecular weight excluding hydrogens is 318 g/mol. The van der Waals surface area contributed by atoms with Crippen molar-refractivity contribution in [2.75, 3.05) is 26.2 Å². The van der Waals surface area contributed by atoms with Gasteiger partial charge in [-0.2, -0.15) is 0 Å². The predicted octanol–water partition coefficient (Wildman–Crippen LogP) is 0.947. The Morgan fingerprint density at radius 1 is 1.39 bits per heavy atom. The Labute approximate surface area is 140 Å². The number of benzene rings is 1. The quantitative estimate of drug-likeness (QED) is 0.410.